The molecule has 1 unspecified atom stereocenters. The zero-order chi connectivity index (χ0) is 17.8. The van der Waals surface area contributed by atoms with E-state index in [1.165, 1.54) is 5.56 Å². The quantitative estimate of drug-likeness (QED) is 0.708. The lowest BCUT2D eigenvalue weighted by Gasteiger charge is -2.23. The van der Waals surface area contributed by atoms with Gasteiger partial charge in [0.05, 0.1) is 16.9 Å². The molecule has 1 aromatic heterocycles. The third-order valence-corrected chi connectivity index (χ3v) is 4.89. The molecular formula is C21H21ClN4. The second kappa shape index (κ2) is 7.85. The average Bonchev–Trinajstić information content (AvgIpc) is 2.71. The number of anilines is 1. The summed E-state index contributed by atoms with van der Waals surface area (Å²) in [5.74, 6) is 0.628. The van der Waals surface area contributed by atoms with Crippen LogP contribution in [-0.2, 0) is 0 Å². The Labute approximate surface area is 158 Å². The summed E-state index contributed by atoms with van der Waals surface area (Å²) in [6, 6.07) is 18.9. The Balaban J connectivity index is 1.63. The van der Waals surface area contributed by atoms with E-state index in [2.05, 4.69) is 44.9 Å². The Hall–Kier alpha value is -2.43. The minimum absolute atomic E-state index is 0.355. The van der Waals surface area contributed by atoms with E-state index in [9.17, 15) is 0 Å². The molecule has 5 heteroatoms. The van der Waals surface area contributed by atoms with Crippen LogP contribution in [0.4, 0.5) is 5.95 Å². The summed E-state index contributed by atoms with van der Waals surface area (Å²) in [6.45, 7) is 2.02. The molecule has 2 N–H and O–H groups in total. The maximum Gasteiger partial charge on any atom is 0.223 e. The molecule has 0 bridgehead atoms. The number of hydrogen-bond donors (Lipinski definition) is 2. The van der Waals surface area contributed by atoms with E-state index in [1.54, 1.807) is 6.20 Å². The first-order chi connectivity index (χ1) is 12.8. The standard InChI is InChI=1S/C21H21ClN4/c22-19-14-24-21(25-18-10-5-11-23-13-18)26-20(19)17-9-4-8-16(12-17)15-6-2-1-3-7-15/h1-4,6-9,12,14,18,23H,5,10-11,13H2,(H,24,25,26). The lowest BCUT2D eigenvalue weighted by atomic mass is 10.0. The van der Waals surface area contributed by atoms with Gasteiger partial charge in [0.1, 0.15) is 0 Å². The molecule has 1 aliphatic rings. The van der Waals surface area contributed by atoms with Crippen molar-refractivity contribution in [2.75, 3.05) is 18.4 Å². The van der Waals surface area contributed by atoms with Gasteiger partial charge in [-0.1, -0.05) is 60.1 Å². The van der Waals surface area contributed by atoms with E-state index in [0.29, 0.717) is 17.0 Å². The van der Waals surface area contributed by atoms with E-state index in [0.717, 1.165) is 42.8 Å². The molecule has 1 atom stereocenters. The summed E-state index contributed by atoms with van der Waals surface area (Å²) >= 11 is 6.41. The molecule has 1 fully saturated rings. The van der Waals surface area contributed by atoms with Gasteiger partial charge in [-0.25, -0.2) is 9.97 Å². The van der Waals surface area contributed by atoms with Crippen LogP contribution in [-0.4, -0.2) is 29.1 Å². The van der Waals surface area contributed by atoms with Gasteiger partial charge in [-0.15, -0.1) is 0 Å². The van der Waals surface area contributed by atoms with Crippen LogP contribution < -0.4 is 10.6 Å². The van der Waals surface area contributed by atoms with Crippen molar-refractivity contribution in [1.29, 1.82) is 0 Å². The van der Waals surface area contributed by atoms with Gasteiger partial charge in [0.2, 0.25) is 5.95 Å². The van der Waals surface area contributed by atoms with Crippen molar-refractivity contribution in [3.8, 4) is 22.4 Å². The summed E-state index contributed by atoms with van der Waals surface area (Å²) in [4.78, 5) is 9.05. The van der Waals surface area contributed by atoms with Gasteiger partial charge in [-0.2, -0.15) is 0 Å². The molecule has 26 heavy (non-hydrogen) atoms. The predicted octanol–water partition coefficient (Wildman–Crippen LogP) is 4.63. The van der Waals surface area contributed by atoms with E-state index in [-0.39, 0.29) is 0 Å². The molecule has 2 aromatic carbocycles. The lowest BCUT2D eigenvalue weighted by Crippen LogP contribution is -2.38. The highest BCUT2D eigenvalue weighted by atomic mass is 35.5. The zero-order valence-corrected chi connectivity index (χ0v) is 15.2. The van der Waals surface area contributed by atoms with Crippen LogP contribution in [0.15, 0.2) is 60.8 Å². The molecule has 4 nitrogen and oxygen atoms in total. The number of hydrogen-bond acceptors (Lipinski definition) is 4. The van der Waals surface area contributed by atoms with Crippen LogP contribution >= 0.6 is 11.6 Å². The van der Waals surface area contributed by atoms with Crippen molar-refractivity contribution < 1.29 is 0 Å². The van der Waals surface area contributed by atoms with Crippen LogP contribution in [0.2, 0.25) is 5.02 Å². The number of piperidine rings is 1. The summed E-state index contributed by atoms with van der Waals surface area (Å²) in [6.07, 6.45) is 3.96. The van der Waals surface area contributed by atoms with Gasteiger partial charge in [-0.3, -0.25) is 0 Å². The average molecular weight is 365 g/mol. The first kappa shape index (κ1) is 17.0. The van der Waals surface area contributed by atoms with Gasteiger partial charge in [0.15, 0.2) is 0 Å². The zero-order valence-electron chi connectivity index (χ0n) is 14.5. The maximum atomic E-state index is 6.41. The Morgan fingerprint density at radius 3 is 2.62 bits per heavy atom. The normalized spacial score (nSPS) is 17.0. The number of benzene rings is 2. The summed E-state index contributed by atoms with van der Waals surface area (Å²) in [5.41, 5.74) is 4.06. The minimum Gasteiger partial charge on any atom is -0.350 e. The molecule has 1 saturated heterocycles. The predicted molar refractivity (Wildman–Crippen MR) is 107 cm³/mol. The highest BCUT2D eigenvalue weighted by molar-refractivity contribution is 6.32. The van der Waals surface area contributed by atoms with Crippen molar-refractivity contribution >= 4 is 17.5 Å². The van der Waals surface area contributed by atoms with Crippen LogP contribution in [0.1, 0.15) is 12.8 Å². The fourth-order valence-electron chi connectivity index (χ4n) is 3.27. The molecule has 4 rings (SSSR count). The second-order valence-corrected chi connectivity index (χ2v) is 6.93. The Morgan fingerprint density at radius 2 is 1.81 bits per heavy atom. The largest absolute Gasteiger partial charge is 0.350 e. The number of nitrogens with one attached hydrogen (secondary N) is 2. The molecule has 3 aromatic rings. The Bertz CT molecular complexity index is 876. The van der Waals surface area contributed by atoms with Gasteiger partial charge in [-0.05, 0) is 36.6 Å². The highest BCUT2D eigenvalue weighted by Crippen LogP contribution is 2.30. The topological polar surface area (TPSA) is 49.8 Å². The molecule has 0 amide bonds. The van der Waals surface area contributed by atoms with E-state index in [1.807, 2.05) is 30.3 Å². The van der Waals surface area contributed by atoms with Gasteiger partial charge in [0, 0.05) is 18.2 Å². The van der Waals surface area contributed by atoms with Crippen LogP contribution in [0, 0.1) is 0 Å². The lowest BCUT2D eigenvalue weighted by molar-refractivity contribution is 0.478. The molecule has 0 radical (unpaired) electrons. The molecule has 0 saturated carbocycles. The van der Waals surface area contributed by atoms with Crippen LogP contribution in [0.25, 0.3) is 22.4 Å². The summed E-state index contributed by atoms with van der Waals surface area (Å²) in [7, 11) is 0. The van der Waals surface area contributed by atoms with E-state index >= 15 is 0 Å². The van der Waals surface area contributed by atoms with Crippen LogP contribution in [0.3, 0.4) is 0 Å². The molecule has 0 spiro atoms. The van der Waals surface area contributed by atoms with E-state index in [4.69, 9.17) is 11.6 Å². The van der Waals surface area contributed by atoms with Crippen molar-refractivity contribution in [1.82, 2.24) is 15.3 Å². The smallest absolute Gasteiger partial charge is 0.223 e. The molecule has 2 heterocycles. The first-order valence-corrected chi connectivity index (χ1v) is 9.33. The summed E-state index contributed by atoms with van der Waals surface area (Å²) < 4.78 is 0. The first-order valence-electron chi connectivity index (χ1n) is 8.95. The number of rotatable bonds is 4. The Kier molecular flexibility index (Phi) is 5.14. The second-order valence-electron chi connectivity index (χ2n) is 6.52. The number of nitrogens with zero attached hydrogens (tertiary/aromatic N) is 2. The molecule has 132 valence electrons. The molecule has 0 aliphatic carbocycles. The van der Waals surface area contributed by atoms with E-state index < -0.39 is 0 Å². The van der Waals surface area contributed by atoms with Crippen molar-refractivity contribution in [2.24, 2.45) is 0 Å². The van der Waals surface area contributed by atoms with Gasteiger partial charge >= 0.3 is 0 Å². The number of halogens is 1. The fourth-order valence-corrected chi connectivity index (χ4v) is 3.47. The summed E-state index contributed by atoms with van der Waals surface area (Å²) in [5, 5.41) is 7.37. The minimum atomic E-state index is 0.355. The monoisotopic (exact) mass is 364 g/mol. The maximum absolute atomic E-state index is 6.41. The molecule has 1 aliphatic heterocycles. The SMILES string of the molecule is Clc1cnc(NC2CCCNC2)nc1-c1cccc(-c2ccccc2)c1. The van der Waals surface area contributed by atoms with Crippen LogP contribution in [0.5, 0.6) is 0 Å². The van der Waals surface area contributed by atoms with Gasteiger partial charge in [0.25, 0.3) is 0 Å². The fraction of sp³-hybridized carbons (Fsp3) is 0.238. The van der Waals surface area contributed by atoms with Gasteiger partial charge < -0.3 is 10.6 Å². The van der Waals surface area contributed by atoms with Crippen molar-refractivity contribution in [3.05, 3.63) is 65.8 Å². The highest BCUT2D eigenvalue weighted by Gasteiger charge is 2.15. The Morgan fingerprint density at radius 1 is 1.00 bits per heavy atom. The van der Waals surface area contributed by atoms with Crippen molar-refractivity contribution in [2.45, 2.75) is 18.9 Å². The third-order valence-electron chi connectivity index (χ3n) is 4.62. The molecular weight excluding hydrogens is 344 g/mol. The third kappa shape index (κ3) is 3.87. The van der Waals surface area contributed by atoms with Crippen molar-refractivity contribution in [3.63, 3.8) is 0 Å². The number of aromatic nitrogens is 2.